The van der Waals surface area contributed by atoms with Crippen molar-refractivity contribution in [2.45, 2.75) is 38.8 Å². The fraction of sp³-hybridized carbons (Fsp3) is 0.333. The second kappa shape index (κ2) is 7.61. The first kappa shape index (κ1) is 18.9. The molecule has 0 aliphatic heterocycles. The highest BCUT2D eigenvalue weighted by molar-refractivity contribution is 6.30. The molecule has 2 N–H and O–H groups in total. The number of benzene rings is 1. The number of alkyl carbamates (subject to hydrolysis) is 1. The van der Waals surface area contributed by atoms with E-state index in [1.165, 1.54) is 0 Å². The summed E-state index contributed by atoms with van der Waals surface area (Å²) in [7, 11) is 0. The molecule has 0 saturated carbocycles. The zero-order valence-corrected chi connectivity index (χ0v) is 15.0. The maximum absolute atomic E-state index is 11.8. The topological polar surface area (TPSA) is 88.8 Å². The quantitative estimate of drug-likeness (QED) is 0.831. The van der Waals surface area contributed by atoms with E-state index in [1.807, 2.05) is 6.07 Å². The summed E-state index contributed by atoms with van der Waals surface area (Å²) >= 11 is 5.96. The lowest BCUT2D eigenvalue weighted by atomic mass is 10.1. The molecule has 1 heterocycles. The zero-order valence-electron chi connectivity index (χ0n) is 14.2. The predicted octanol–water partition coefficient (Wildman–Crippen LogP) is 4.12. The van der Waals surface area contributed by atoms with E-state index in [1.54, 1.807) is 51.1 Å². The molecule has 0 fully saturated rings. The molecule has 1 aromatic carbocycles. The third kappa shape index (κ3) is 5.83. The lowest BCUT2D eigenvalue weighted by Gasteiger charge is -2.21. The Bertz CT molecular complexity index is 763. The van der Waals surface area contributed by atoms with Crippen LogP contribution in [-0.2, 0) is 16.0 Å². The third-order valence-corrected chi connectivity index (χ3v) is 3.40. The maximum Gasteiger partial charge on any atom is 0.408 e. The van der Waals surface area contributed by atoms with Crippen LogP contribution in [-0.4, -0.2) is 28.8 Å². The van der Waals surface area contributed by atoms with Crippen molar-refractivity contribution in [2.24, 2.45) is 0 Å². The summed E-state index contributed by atoms with van der Waals surface area (Å²) < 4.78 is 10.8. The third-order valence-electron chi connectivity index (χ3n) is 3.17. The first-order chi connectivity index (χ1) is 11.6. The van der Waals surface area contributed by atoms with Crippen molar-refractivity contribution in [1.29, 1.82) is 0 Å². The molecule has 0 aliphatic rings. The molecule has 7 heteroatoms. The van der Waals surface area contributed by atoms with Gasteiger partial charge in [-0.25, -0.2) is 9.59 Å². The van der Waals surface area contributed by atoms with Crippen LogP contribution in [0.15, 0.2) is 40.8 Å². The van der Waals surface area contributed by atoms with Gasteiger partial charge in [-0.15, -0.1) is 0 Å². The number of rotatable bonds is 5. The monoisotopic (exact) mass is 365 g/mol. The minimum atomic E-state index is -1.17. The number of carboxylic acid groups (broad SMARTS) is 1. The van der Waals surface area contributed by atoms with Crippen LogP contribution < -0.4 is 5.32 Å². The summed E-state index contributed by atoms with van der Waals surface area (Å²) in [5.74, 6) is -0.177. The van der Waals surface area contributed by atoms with Crippen LogP contribution >= 0.6 is 11.6 Å². The van der Waals surface area contributed by atoms with E-state index in [4.69, 9.17) is 20.8 Å². The maximum atomic E-state index is 11.8. The van der Waals surface area contributed by atoms with E-state index in [0.29, 0.717) is 16.5 Å². The number of furan rings is 1. The van der Waals surface area contributed by atoms with Crippen molar-refractivity contribution in [3.05, 3.63) is 47.2 Å². The summed E-state index contributed by atoms with van der Waals surface area (Å²) in [6.45, 7) is 5.10. The van der Waals surface area contributed by atoms with Crippen LogP contribution in [0.5, 0.6) is 0 Å². The Labute approximate surface area is 150 Å². The largest absolute Gasteiger partial charge is 0.480 e. The van der Waals surface area contributed by atoms with Crippen LogP contribution in [0.3, 0.4) is 0 Å². The van der Waals surface area contributed by atoms with Crippen LogP contribution in [0, 0.1) is 0 Å². The van der Waals surface area contributed by atoms with Gasteiger partial charge in [0.2, 0.25) is 0 Å². The number of amides is 1. The number of halogens is 1. The molecule has 0 aliphatic carbocycles. The number of carbonyl (C=O) groups is 2. The number of carbonyl (C=O) groups excluding carboxylic acids is 1. The molecule has 1 atom stereocenters. The Hall–Kier alpha value is -2.47. The lowest BCUT2D eigenvalue weighted by molar-refractivity contribution is -0.139. The predicted molar refractivity (Wildman–Crippen MR) is 93.7 cm³/mol. The highest BCUT2D eigenvalue weighted by Crippen LogP contribution is 2.25. The molecule has 2 rings (SSSR count). The average Bonchev–Trinajstić information content (AvgIpc) is 2.93. The van der Waals surface area contributed by atoms with E-state index >= 15 is 0 Å². The van der Waals surface area contributed by atoms with Gasteiger partial charge in [0.15, 0.2) is 0 Å². The number of carboxylic acids is 1. The summed E-state index contributed by atoms with van der Waals surface area (Å²) in [6, 6.07) is 9.37. The van der Waals surface area contributed by atoms with Gasteiger partial charge < -0.3 is 19.6 Å². The first-order valence-corrected chi connectivity index (χ1v) is 8.09. The fourth-order valence-electron chi connectivity index (χ4n) is 2.14. The van der Waals surface area contributed by atoms with Gasteiger partial charge in [0.25, 0.3) is 0 Å². The number of hydrogen-bond donors (Lipinski definition) is 2. The number of hydrogen-bond acceptors (Lipinski definition) is 4. The van der Waals surface area contributed by atoms with Crippen LogP contribution in [0.2, 0.25) is 5.02 Å². The molecule has 1 aromatic heterocycles. The van der Waals surface area contributed by atoms with Crippen molar-refractivity contribution >= 4 is 23.7 Å². The minimum Gasteiger partial charge on any atom is -0.480 e. The van der Waals surface area contributed by atoms with Crippen molar-refractivity contribution in [2.75, 3.05) is 0 Å². The lowest BCUT2D eigenvalue weighted by Crippen LogP contribution is -2.44. The molecule has 6 nitrogen and oxygen atoms in total. The van der Waals surface area contributed by atoms with Gasteiger partial charge in [-0.3, -0.25) is 0 Å². The second-order valence-corrected chi connectivity index (χ2v) is 6.95. The van der Waals surface area contributed by atoms with Crippen molar-refractivity contribution in [1.82, 2.24) is 5.32 Å². The van der Waals surface area contributed by atoms with E-state index in [2.05, 4.69) is 5.32 Å². The van der Waals surface area contributed by atoms with Crippen LogP contribution in [0.1, 0.15) is 26.5 Å². The summed E-state index contributed by atoms with van der Waals surface area (Å²) in [6.07, 6.45) is -0.795. The average molecular weight is 366 g/mol. The molecule has 0 bridgehead atoms. The van der Waals surface area contributed by atoms with E-state index in [0.717, 1.165) is 5.56 Å². The van der Waals surface area contributed by atoms with E-state index in [-0.39, 0.29) is 6.42 Å². The van der Waals surface area contributed by atoms with Crippen molar-refractivity contribution < 1.29 is 23.8 Å². The molecule has 2 aromatic rings. The normalized spacial score (nSPS) is 12.5. The number of aliphatic carboxylic acids is 1. The SMILES string of the molecule is CC(C)(C)OC(=O)NC(Cc1ccc(-c2cccc(Cl)c2)o1)C(=O)O. The Morgan fingerprint density at radius 2 is 2.00 bits per heavy atom. The molecule has 25 heavy (non-hydrogen) atoms. The van der Waals surface area contributed by atoms with Crippen LogP contribution in [0.25, 0.3) is 11.3 Å². The molecule has 134 valence electrons. The van der Waals surface area contributed by atoms with Gasteiger partial charge >= 0.3 is 12.1 Å². The molecular formula is C18H20ClNO5. The Morgan fingerprint density at radius 3 is 2.60 bits per heavy atom. The zero-order chi connectivity index (χ0) is 18.6. The van der Waals surface area contributed by atoms with Gasteiger partial charge in [0, 0.05) is 17.0 Å². The Balaban J connectivity index is 2.08. The van der Waals surface area contributed by atoms with Gasteiger partial charge in [0.1, 0.15) is 23.2 Å². The Morgan fingerprint density at radius 1 is 1.28 bits per heavy atom. The minimum absolute atomic E-state index is 0.00482. The molecule has 0 spiro atoms. The standard InChI is InChI=1S/C18H20ClNO5/c1-18(2,3)25-17(23)20-14(16(21)22)10-13-7-8-15(24-13)11-5-4-6-12(19)9-11/h4-9,14H,10H2,1-3H3,(H,20,23)(H,21,22). The number of nitrogens with one attached hydrogen (secondary N) is 1. The van der Waals surface area contributed by atoms with Crippen LogP contribution in [0.4, 0.5) is 4.79 Å². The highest BCUT2D eigenvalue weighted by atomic mass is 35.5. The van der Waals surface area contributed by atoms with E-state index < -0.39 is 23.7 Å². The summed E-state index contributed by atoms with van der Waals surface area (Å²) in [5, 5.41) is 12.2. The van der Waals surface area contributed by atoms with Gasteiger partial charge in [0.05, 0.1) is 0 Å². The first-order valence-electron chi connectivity index (χ1n) is 7.71. The molecule has 0 saturated heterocycles. The summed E-state index contributed by atoms with van der Waals surface area (Å²) in [4.78, 5) is 23.2. The Kier molecular flexibility index (Phi) is 5.74. The van der Waals surface area contributed by atoms with E-state index in [9.17, 15) is 14.7 Å². The van der Waals surface area contributed by atoms with Crippen molar-refractivity contribution in [3.63, 3.8) is 0 Å². The van der Waals surface area contributed by atoms with Crippen molar-refractivity contribution in [3.8, 4) is 11.3 Å². The molecule has 1 amide bonds. The summed E-state index contributed by atoms with van der Waals surface area (Å²) in [5.41, 5.74) is 0.0723. The fourth-order valence-corrected chi connectivity index (χ4v) is 2.33. The molecular weight excluding hydrogens is 346 g/mol. The van der Waals surface area contributed by atoms with Gasteiger partial charge in [-0.05, 0) is 45.0 Å². The number of ether oxygens (including phenoxy) is 1. The molecule has 0 radical (unpaired) electrons. The van der Waals surface area contributed by atoms with Gasteiger partial charge in [-0.1, -0.05) is 23.7 Å². The molecule has 1 unspecified atom stereocenters. The smallest absolute Gasteiger partial charge is 0.408 e. The second-order valence-electron chi connectivity index (χ2n) is 6.52. The van der Waals surface area contributed by atoms with Gasteiger partial charge in [-0.2, -0.15) is 0 Å². The highest BCUT2D eigenvalue weighted by Gasteiger charge is 2.25.